The van der Waals surface area contributed by atoms with Crippen LogP contribution in [0.3, 0.4) is 0 Å². The summed E-state index contributed by atoms with van der Waals surface area (Å²) < 4.78 is 16.7. The van der Waals surface area contributed by atoms with Crippen LogP contribution in [0, 0.1) is 0 Å². The van der Waals surface area contributed by atoms with Gasteiger partial charge in [0.1, 0.15) is 12.4 Å². The number of halogens is 1. The molecular weight excluding hydrogens is 418 g/mol. The van der Waals surface area contributed by atoms with E-state index in [4.69, 9.17) is 19.2 Å². The highest BCUT2D eigenvalue weighted by Crippen LogP contribution is 2.45. The summed E-state index contributed by atoms with van der Waals surface area (Å²) in [4.78, 5) is 4.80. The van der Waals surface area contributed by atoms with Crippen molar-refractivity contribution in [3.63, 3.8) is 0 Å². The normalized spacial score (nSPS) is 14.2. The number of fused-ring (bicyclic) bond motifs is 1. The van der Waals surface area contributed by atoms with Crippen molar-refractivity contribution in [3.05, 3.63) is 59.2 Å². The summed E-state index contributed by atoms with van der Waals surface area (Å²) in [5, 5.41) is 0. The number of hydrogen-bond acceptors (Lipinski definition) is 4. The molecular formula is C23H30BrNO3. The summed E-state index contributed by atoms with van der Waals surface area (Å²) in [6.45, 7) is 8.84. The fourth-order valence-corrected chi connectivity index (χ4v) is 3.47. The second-order valence-electron chi connectivity index (χ2n) is 7.37. The maximum Gasteiger partial charge on any atom is 0.123 e. The van der Waals surface area contributed by atoms with Gasteiger partial charge < -0.3 is 14.2 Å². The molecule has 0 bridgehead atoms. The quantitative estimate of drug-likeness (QED) is 0.490. The van der Waals surface area contributed by atoms with Gasteiger partial charge in [0.05, 0.1) is 25.5 Å². The number of methoxy groups -OCH3 is 1. The van der Waals surface area contributed by atoms with E-state index in [1.165, 1.54) is 16.7 Å². The molecule has 2 aromatic rings. The van der Waals surface area contributed by atoms with E-state index in [-0.39, 0.29) is 22.4 Å². The maximum atomic E-state index is 6.13. The van der Waals surface area contributed by atoms with Crippen LogP contribution in [-0.4, -0.2) is 39.2 Å². The predicted molar refractivity (Wildman–Crippen MR) is 120 cm³/mol. The lowest BCUT2D eigenvalue weighted by Crippen LogP contribution is -2.24. The first-order valence-corrected chi connectivity index (χ1v) is 9.49. The molecule has 5 heteroatoms. The average molecular weight is 448 g/mol. The van der Waals surface area contributed by atoms with E-state index in [1.807, 2.05) is 12.1 Å². The highest BCUT2D eigenvalue weighted by molar-refractivity contribution is 8.93. The molecule has 1 aliphatic rings. The molecule has 0 aliphatic carbocycles. The largest absolute Gasteiger partial charge is 0.491 e. The third-order valence-electron chi connectivity index (χ3n) is 5.21. The molecule has 1 aliphatic heterocycles. The van der Waals surface area contributed by atoms with Gasteiger partial charge in [-0.15, -0.1) is 17.0 Å². The fraction of sp³-hybridized carbons (Fsp3) is 0.435. The van der Waals surface area contributed by atoms with E-state index < -0.39 is 0 Å². The Labute approximate surface area is 178 Å². The van der Waals surface area contributed by atoms with E-state index in [1.54, 1.807) is 7.11 Å². The Morgan fingerprint density at radius 1 is 0.929 bits per heavy atom. The summed E-state index contributed by atoms with van der Waals surface area (Å²) in [6, 6.07) is 14.6. The Bertz CT molecular complexity index is 803. The molecule has 0 radical (unpaired) electrons. The van der Waals surface area contributed by atoms with Gasteiger partial charge in [-0.2, -0.15) is 0 Å². The highest BCUT2D eigenvalue weighted by atomic mass is 79.9. The molecule has 2 aromatic carbocycles. The van der Waals surface area contributed by atoms with Crippen molar-refractivity contribution >= 4 is 28.4 Å². The van der Waals surface area contributed by atoms with E-state index in [0.29, 0.717) is 26.4 Å². The minimum atomic E-state index is -0.0895. The molecule has 0 spiro atoms. The molecule has 0 saturated carbocycles. The van der Waals surface area contributed by atoms with Gasteiger partial charge in [0.25, 0.3) is 0 Å². The fourth-order valence-electron chi connectivity index (χ4n) is 3.47. The number of ether oxygens (including phenoxy) is 3. The third-order valence-corrected chi connectivity index (χ3v) is 5.21. The van der Waals surface area contributed by atoms with E-state index >= 15 is 0 Å². The van der Waals surface area contributed by atoms with Crippen LogP contribution in [-0.2, 0) is 21.3 Å². The summed E-state index contributed by atoms with van der Waals surface area (Å²) in [5.41, 5.74) is 5.89. The zero-order valence-electron chi connectivity index (χ0n) is 17.2. The molecule has 4 nitrogen and oxygen atoms in total. The monoisotopic (exact) mass is 447 g/mol. The first kappa shape index (κ1) is 22.6. The van der Waals surface area contributed by atoms with Crippen molar-refractivity contribution in [2.24, 2.45) is 4.99 Å². The molecule has 0 amide bonds. The molecule has 0 N–H and O–H groups in total. The lowest BCUT2D eigenvalue weighted by Gasteiger charge is -2.25. The molecule has 1 heterocycles. The summed E-state index contributed by atoms with van der Waals surface area (Å²) >= 11 is 0. The Balaban J connectivity index is 0.00000280. The van der Waals surface area contributed by atoms with Crippen molar-refractivity contribution in [1.82, 2.24) is 0 Å². The van der Waals surface area contributed by atoms with E-state index in [9.17, 15) is 0 Å². The van der Waals surface area contributed by atoms with Gasteiger partial charge in [0.2, 0.25) is 0 Å². The van der Waals surface area contributed by atoms with Gasteiger partial charge in [-0.05, 0) is 30.2 Å². The number of benzene rings is 2. The Morgan fingerprint density at radius 3 is 2.36 bits per heavy atom. The van der Waals surface area contributed by atoms with Gasteiger partial charge in [0.15, 0.2) is 0 Å². The van der Waals surface area contributed by atoms with Crippen LogP contribution in [0.25, 0.3) is 0 Å². The Hall–Kier alpha value is -1.69. The summed E-state index contributed by atoms with van der Waals surface area (Å²) in [5.74, 6) is 0.922. The van der Waals surface area contributed by atoms with Crippen molar-refractivity contribution in [3.8, 4) is 5.75 Å². The second-order valence-corrected chi connectivity index (χ2v) is 7.37. The van der Waals surface area contributed by atoms with Crippen molar-refractivity contribution in [1.29, 1.82) is 0 Å². The topological polar surface area (TPSA) is 40.0 Å². The van der Waals surface area contributed by atoms with Gasteiger partial charge in [-0.3, -0.25) is 4.99 Å². The minimum Gasteiger partial charge on any atom is -0.491 e. The van der Waals surface area contributed by atoms with Crippen LogP contribution in [0.4, 0.5) is 5.69 Å². The van der Waals surface area contributed by atoms with Crippen molar-refractivity contribution in [2.75, 3.05) is 33.5 Å². The molecule has 0 unspecified atom stereocenters. The zero-order chi connectivity index (χ0) is 19.3. The zero-order valence-corrected chi connectivity index (χ0v) is 18.9. The lowest BCUT2D eigenvalue weighted by molar-refractivity contribution is 0.0543. The number of aliphatic imine (C=N–C) groups is 1. The highest BCUT2D eigenvalue weighted by Gasteiger charge is 2.35. The van der Waals surface area contributed by atoms with Gasteiger partial charge >= 0.3 is 0 Å². The molecule has 0 aromatic heterocycles. The standard InChI is InChI=1S/C23H29NO3.BrH/c1-17-23(2,3)22-19(16-18-8-6-5-7-9-18)21(11-10-20(22)24-17)27-15-14-26-13-12-25-4;/h5-11H,12-16H2,1-4H3;1H. The smallest absolute Gasteiger partial charge is 0.123 e. The number of nitrogens with zero attached hydrogens (tertiary/aromatic N) is 1. The first-order chi connectivity index (χ1) is 13.0. The van der Waals surface area contributed by atoms with Crippen LogP contribution < -0.4 is 4.74 Å². The Kier molecular flexibility index (Phi) is 8.23. The van der Waals surface area contributed by atoms with Gasteiger partial charge in [0, 0.05) is 30.2 Å². The summed E-state index contributed by atoms with van der Waals surface area (Å²) in [6.07, 6.45) is 0.829. The molecule has 0 saturated heterocycles. The molecule has 0 fully saturated rings. The lowest BCUT2D eigenvalue weighted by atomic mass is 9.78. The van der Waals surface area contributed by atoms with Crippen LogP contribution >= 0.6 is 17.0 Å². The SMILES string of the molecule is Br.COCCOCCOc1ccc2c(c1Cc1ccccc1)C(C)(C)C(C)=N2. The Morgan fingerprint density at radius 2 is 1.64 bits per heavy atom. The molecule has 152 valence electrons. The second kappa shape index (κ2) is 10.2. The van der Waals surface area contributed by atoms with Gasteiger partial charge in [-0.1, -0.05) is 44.2 Å². The van der Waals surface area contributed by atoms with Crippen molar-refractivity contribution < 1.29 is 14.2 Å². The van der Waals surface area contributed by atoms with Gasteiger partial charge in [-0.25, -0.2) is 0 Å². The first-order valence-electron chi connectivity index (χ1n) is 9.49. The minimum absolute atomic E-state index is 0. The van der Waals surface area contributed by atoms with Crippen LogP contribution in [0.1, 0.15) is 37.5 Å². The average Bonchev–Trinajstić information content (AvgIpc) is 2.89. The molecule has 3 rings (SSSR count). The van der Waals surface area contributed by atoms with Crippen LogP contribution in [0.5, 0.6) is 5.75 Å². The molecule has 28 heavy (non-hydrogen) atoms. The van der Waals surface area contributed by atoms with E-state index in [0.717, 1.165) is 23.6 Å². The molecule has 0 atom stereocenters. The summed E-state index contributed by atoms with van der Waals surface area (Å²) in [7, 11) is 1.67. The predicted octanol–water partition coefficient (Wildman–Crippen LogP) is 5.28. The number of rotatable bonds is 9. The van der Waals surface area contributed by atoms with E-state index in [2.05, 4.69) is 51.1 Å². The van der Waals surface area contributed by atoms with Crippen LogP contribution in [0.2, 0.25) is 0 Å². The third kappa shape index (κ3) is 5.02. The van der Waals surface area contributed by atoms with Crippen LogP contribution in [0.15, 0.2) is 47.5 Å². The maximum absolute atomic E-state index is 6.13. The van der Waals surface area contributed by atoms with Crippen molar-refractivity contribution in [2.45, 2.75) is 32.6 Å². The number of hydrogen-bond donors (Lipinski definition) is 0.